The molecule has 1 aliphatic carbocycles. The largest absolute Gasteiger partial charge is 0.481 e. The first-order valence-corrected chi connectivity index (χ1v) is 8.29. The van der Waals surface area contributed by atoms with Gasteiger partial charge in [-0.1, -0.05) is 15.9 Å². The number of carboxylic acid groups (broad SMARTS) is 1. The van der Waals surface area contributed by atoms with Crippen LogP contribution in [0.3, 0.4) is 0 Å². The highest BCUT2D eigenvalue weighted by molar-refractivity contribution is 9.10. The van der Waals surface area contributed by atoms with Crippen molar-refractivity contribution in [1.29, 1.82) is 0 Å². The van der Waals surface area contributed by atoms with Crippen LogP contribution in [0.4, 0.5) is 4.39 Å². The number of aliphatic carboxylic acids is 1. The van der Waals surface area contributed by atoms with Gasteiger partial charge in [-0.25, -0.2) is 4.39 Å². The van der Waals surface area contributed by atoms with E-state index >= 15 is 0 Å². The maximum atomic E-state index is 13.6. The van der Waals surface area contributed by atoms with Crippen LogP contribution < -0.4 is 4.74 Å². The third kappa shape index (κ3) is 3.34. The van der Waals surface area contributed by atoms with Crippen LogP contribution in [-0.2, 0) is 9.59 Å². The first-order valence-electron chi connectivity index (χ1n) is 7.50. The zero-order valence-corrected chi connectivity index (χ0v) is 14.0. The molecular weight excluding hydrogens is 369 g/mol. The number of likely N-dealkylation sites (tertiary alicyclic amines) is 1. The Morgan fingerprint density at radius 3 is 2.65 bits per heavy atom. The predicted molar refractivity (Wildman–Crippen MR) is 83.6 cm³/mol. The van der Waals surface area contributed by atoms with E-state index in [9.17, 15) is 14.0 Å². The molecule has 124 valence electrons. The van der Waals surface area contributed by atoms with Crippen LogP contribution >= 0.6 is 15.9 Å². The number of carbonyl (C=O) groups excluding carboxylic acids is 1. The summed E-state index contributed by atoms with van der Waals surface area (Å²) in [5.74, 6) is -1.67. The molecular formula is C16H17BrFNO4. The zero-order valence-electron chi connectivity index (χ0n) is 12.4. The fourth-order valence-corrected chi connectivity index (χ4v) is 3.61. The minimum atomic E-state index is -0.737. The summed E-state index contributed by atoms with van der Waals surface area (Å²) >= 11 is 3.16. The van der Waals surface area contributed by atoms with Gasteiger partial charge in [-0.05, 0) is 42.9 Å². The highest BCUT2D eigenvalue weighted by Crippen LogP contribution is 2.59. The molecule has 1 aliphatic heterocycles. The lowest BCUT2D eigenvalue weighted by Crippen LogP contribution is -2.42. The van der Waals surface area contributed by atoms with E-state index < -0.39 is 11.8 Å². The summed E-state index contributed by atoms with van der Waals surface area (Å²) in [5.41, 5.74) is -0.110. The van der Waals surface area contributed by atoms with Gasteiger partial charge in [-0.15, -0.1) is 0 Å². The van der Waals surface area contributed by atoms with Gasteiger partial charge < -0.3 is 14.7 Å². The lowest BCUT2D eigenvalue weighted by molar-refractivity contribution is -0.140. The topological polar surface area (TPSA) is 66.8 Å². The third-order valence-electron chi connectivity index (χ3n) is 4.84. The predicted octanol–water partition coefficient (Wildman–Crippen LogP) is 2.68. The van der Waals surface area contributed by atoms with Crippen LogP contribution in [-0.4, -0.2) is 41.6 Å². The molecule has 1 unspecified atom stereocenters. The van der Waals surface area contributed by atoms with Gasteiger partial charge in [0.05, 0.1) is 5.92 Å². The normalized spacial score (nSPS) is 22.0. The van der Waals surface area contributed by atoms with Crippen molar-refractivity contribution in [1.82, 2.24) is 4.90 Å². The molecule has 2 aliphatic rings. The van der Waals surface area contributed by atoms with Crippen molar-refractivity contribution >= 4 is 27.8 Å². The average molecular weight is 386 g/mol. The molecule has 3 rings (SSSR count). The van der Waals surface area contributed by atoms with Crippen molar-refractivity contribution in [2.24, 2.45) is 11.3 Å². The Bertz CT molecular complexity index is 643. The molecule has 7 heteroatoms. The lowest BCUT2D eigenvalue weighted by atomic mass is 9.91. The number of halogens is 2. The standard InChI is InChI=1S/C16H17BrFNO4/c17-10-1-2-13(12(18)7-10)23-9-14(20)19-5-3-16(4-6-19)8-11(16)15(21)22/h1-2,7,11H,3-6,8-9H2,(H,21,22). The fraction of sp³-hybridized carbons (Fsp3) is 0.500. The molecule has 1 heterocycles. The fourth-order valence-electron chi connectivity index (χ4n) is 3.27. The summed E-state index contributed by atoms with van der Waals surface area (Å²) in [4.78, 5) is 24.8. The van der Waals surface area contributed by atoms with E-state index in [1.807, 2.05) is 0 Å². The molecule has 0 aromatic heterocycles. The van der Waals surface area contributed by atoms with Crippen LogP contribution in [0.25, 0.3) is 0 Å². The van der Waals surface area contributed by atoms with E-state index in [1.54, 1.807) is 11.0 Å². The van der Waals surface area contributed by atoms with Crippen molar-refractivity contribution in [2.75, 3.05) is 19.7 Å². The van der Waals surface area contributed by atoms with Gasteiger partial charge in [0.15, 0.2) is 18.2 Å². The smallest absolute Gasteiger partial charge is 0.307 e. The zero-order chi connectivity index (χ0) is 16.6. The quantitative estimate of drug-likeness (QED) is 0.864. The van der Waals surface area contributed by atoms with Crippen molar-refractivity contribution in [3.05, 3.63) is 28.5 Å². The first kappa shape index (κ1) is 16.2. The Hall–Kier alpha value is -1.63. The molecule has 23 heavy (non-hydrogen) atoms. The van der Waals surface area contributed by atoms with E-state index in [4.69, 9.17) is 9.84 Å². The molecule has 1 saturated carbocycles. The van der Waals surface area contributed by atoms with E-state index in [-0.39, 0.29) is 29.6 Å². The Balaban J connectivity index is 1.49. The number of rotatable bonds is 4. The summed E-state index contributed by atoms with van der Waals surface area (Å²) in [5, 5.41) is 9.06. The Morgan fingerprint density at radius 2 is 2.09 bits per heavy atom. The molecule has 1 aromatic carbocycles. The summed E-state index contributed by atoms with van der Waals surface area (Å²) in [6, 6.07) is 4.40. The second-order valence-corrected chi connectivity index (χ2v) is 7.12. The maximum absolute atomic E-state index is 13.6. The van der Waals surface area contributed by atoms with Crippen molar-refractivity contribution in [2.45, 2.75) is 19.3 Å². The first-order chi connectivity index (χ1) is 10.9. The molecule has 1 aromatic rings. The third-order valence-corrected chi connectivity index (χ3v) is 5.34. The van der Waals surface area contributed by atoms with Crippen molar-refractivity contribution < 1.29 is 23.8 Å². The Kier molecular flexibility index (Phi) is 4.31. The highest BCUT2D eigenvalue weighted by Gasteiger charge is 2.59. The number of nitrogens with zero attached hydrogens (tertiary/aromatic N) is 1. The molecule has 2 fully saturated rings. The Labute approximate surface area is 141 Å². The number of piperidine rings is 1. The van der Waals surface area contributed by atoms with E-state index in [0.717, 1.165) is 0 Å². The second kappa shape index (κ2) is 6.11. The lowest BCUT2D eigenvalue weighted by Gasteiger charge is -2.32. The molecule has 1 amide bonds. The van der Waals surface area contributed by atoms with Gasteiger partial charge in [0, 0.05) is 17.6 Å². The number of amides is 1. The van der Waals surface area contributed by atoms with Crippen molar-refractivity contribution in [3.8, 4) is 5.75 Å². The van der Waals surface area contributed by atoms with E-state index in [0.29, 0.717) is 36.8 Å². The van der Waals surface area contributed by atoms with Crippen LogP contribution in [0.1, 0.15) is 19.3 Å². The van der Waals surface area contributed by atoms with Crippen LogP contribution in [0, 0.1) is 17.2 Å². The van der Waals surface area contributed by atoms with Gasteiger partial charge in [0.25, 0.3) is 5.91 Å². The molecule has 0 bridgehead atoms. The minimum absolute atomic E-state index is 0.0446. The second-order valence-electron chi connectivity index (χ2n) is 6.20. The number of hydrogen-bond donors (Lipinski definition) is 1. The van der Waals surface area contributed by atoms with Crippen LogP contribution in [0.15, 0.2) is 22.7 Å². The number of ether oxygens (including phenoxy) is 1. The van der Waals surface area contributed by atoms with Crippen LogP contribution in [0.2, 0.25) is 0 Å². The molecule has 0 radical (unpaired) electrons. The molecule has 1 spiro atoms. The van der Waals surface area contributed by atoms with Gasteiger partial charge in [-0.3, -0.25) is 9.59 Å². The van der Waals surface area contributed by atoms with Crippen molar-refractivity contribution in [3.63, 3.8) is 0 Å². The Morgan fingerprint density at radius 1 is 1.39 bits per heavy atom. The summed E-state index contributed by atoms with van der Waals surface area (Å²) in [6.07, 6.45) is 2.13. The number of benzene rings is 1. The average Bonchev–Trinajstić information content (AvgIpc) is 3.21. The number of hydrogen-bond acceptors (Lipinski definition) is 3. The SMILES string of the molecule is O=C(O)C1CC12CCN(C(=O)COc1ccc(Br)cc1F)CC2. The maximum Gasteiger partial charge on any atom is 0.307 e. The minimum Gasteiger partial charge on any atom is -0.481 e. The molecule has 5 nitrogen and oxygen atoms in total. The summed E-state index contributed by atoms with van der Waals surface area (Å²) < 4.78 is 19.5. The highest BCUT2D eigenvalue weighted by atomic mass is 79.9. The molecule has 1 saturated heterocycles. The van der Waals surface area contributed by atoms with Gasteiger partial charge in [0.1, 0.15) is 0 Å². The number of carbonyl (C=O) groups is 2. The number of carboxylic acids is 1. The van der Waals surface area contributed by atoms with Crippen LogP contribution in [0.5, 0.6) is 5.75 Å². The van der Waals surface area contributed by atoms with Gasteiger partial charge in [-0.2, -0.15) is 0 Å². The molecule has 1 atom stereocenters. The van der Waals surface area contributed by atoms with E-state index in [1.165, 1.54) is 12.1 Å². The summed E-state index contributed by atoms with van der Waals surface area (Å²) in [7, 11) is 0. The van der Waals surface area contributed by atoms with E-state index in [2.05, 4.69) is 15.9 Å². The monoisotopic (exact) mass is 385 g/mol. The van der Waals surface area contributed by atoms with Gasteiger partial charge >= 0.3 is 5.97 Å². The summed E-state index contributed by atoms with van der Waals surface area (Å²) in [6.45, 7) is 0.859. The molecule has 1 N–H and O–H groups in total. The van der Waals surface area contributed by atoms with Gasteiger partial charge in [0.2, 0.25) is 0 Å².